The summed E-state index contributed by atoms with van der Waals surface area (Å²) in [6, 6.07) is 6.72. The van der Waals surface area contributed by atoms with Gasteiger partial charge in [-0.2, -0.15) is 0 Å². The second-order valence-corrected chi connectivity index (χ2v) is 4.09. The molecule has 0 fully saturated rings. The van der Waals surface area contributed by atoms with E-state index in [-0.39, 0.29) is 12.5 Å². The van der Waals surface area contributed by atoms with Gasteiger partial charge in [0.1, 0.15) is 17.7 Å². The number of nitrogens with two attached hydrogens (primary N) is 1. The van der Waals surface area contributed by atoms with Gasteiger partial charge in [0.15, 0.2) is 0 Å². The van der Waals surface area contributed by atoms with Gasteiger partial charge in [0.2, 0.25) is 0 Å². The minimum Gasteiger partial charge on any atom is -0.495 e. The van der Waals surface area contributed by atoms with Crippen molar-refractivity contribution in [2.75, 3.05) is 13.7 Å². The van der Waals surface area contributed by atoms with Crippen LogP contribution in [0.3, 0.4) is 0 Å². The van der Waals surface area contributed by atoms with Crippen LogP contribution in [0.2, 0.25) is 0 Å². The van der Waals surface area contributed by atoms with Gasteiger partial charge in [0, 0.05) is 11.6 Å². The van der Waals surface area contributed by atoms with Crippen molar-refractivity contribution in [2.24, 2.45) is 5.73 Å². The molecule has 0 atom stereocenters. The summed E-state index contributed by atoms with van der Waals surface area (Å²) in [6.07, 6.45) is 1.45. The number of benzene rings is 1. The number of rotatable bonds is 4. The first-order valence-corrected chi connectivity index (χ1v) is 6.29. The molecule has 2 rings (SSSR count). The van der Waals surface area contributed by atoms with Crippen LogP contribution < -0.4 is 15.8 Å². The molecular formula is C15H15N3O3. The summed E-state index contributed by atoms with van der Waals surface area (Å²) in [5.41, 5.74) is 7.12. The summed E-state index contributed by atoms with van der Waals surface area (Å²) in [6.45, 7) is 0.539. The standard InChI is InChI=1S/C15H15N3O3/c1-20-14-5-4-12(9-11(14)3-2-7-16)15(19)17-10-13-6-8-21-18-13/h4-6,8-9H,7,10,16H2,1H3,(H,17,19). The molecule has 0 bridgehead atoms. The molecule has 1 heterocycles. The van der Waals surface area contributed by atoms with Crippen LogP contribution in [0, 0.1) is 11.8 Å². The molecule has 21 heavy (non-hydrogen) atoms. The maximum absolute atomic E-state index is 12.1. The third kappa shape index (κ3) is 3.84. The van der Waals surface area contributed by atoms with E-state index in [1.807, 2.05) is 0 Å². The Hall–Kier alpha value is -2.78. The van der Waals surface area contributed by atoms with Crippen LogP contribution in [0.5, 0.6) is 5.75 Å². The van der Waals surface area contributed by atoms with Crippen LogP contribution in [0.1, 0.15) is 21.6 Å². The van der Waals surface area contributed by atoms with E-state index in [9.17, 15) is 4.79 Å². The van der Waals surface area contributed by atoms with Gasteiger partial charge >= 0.3 is 0 Å². The molecule has 0 aliphatic rings. The second-order valence-electron chi connectivity index (χ2n) is 4.09. The van der Waals surface area contributed by atoms with Crippen molar-refractivity contribution in [3.63, 3.8) is 0 Å². The predicted molar refractivity (Wildman–Crippen MR) is 76.6 cm³/mol. The molecule has 1 aromatic heterocycles. The number of carbonyl (C=O) groups excluding carboxylic acids is 1. The average Bonchev–Trinajstić information content (AvgIpc) is 3.03. The number of aromatic nitrogens is 1. The third-order valence-corrected chi connectivity index (χ3v) is 2.71. The lowest BCUT2D eigenvalue weighted by molar-refractivity contribution is 0.0950. The summed E-state index contributed by atoms with van der Waals surface area (Å²) in [4.78, 5) is 12.1. The smallest absolute Gasteiger partial charge is 0.251 e. The molecule has 6 heteroatoms. The van der Waals surface area contributed by atoms with E-state index in [1.54, 1.807) is 31.4 Å². The lowest BCUT2D eigenvalue weighted by Gasteiger charge is -2.07. The lowest BCUT2D eigenvalue weighted by atomic mass is 10.1. The molecule has 3 N–H and O–H groups in total. The number of hydrogen-bond donors (Lipinski definition) is 2. The van der Waals surface area contributed by atoms with Crippen LogP contribution in [0.4, 0.5) is 0 Å². The van der Waals surface area contributed by atoms with Crippen molar-refractivity contribution in [1.82, 2.24) is 10.5 Å². The van der Waals surface area contributed by atoms with Crippen molar-refractivity contribution < 1.29 is 14.1 Å². The molecule has 2 aromatic rings. The van der Waals surface area contributed by atoms with Crippen LogP contribution >= 0.6 is 0 Å². The first-order chi connectivity index (χ1) is 10.2. The Labute approximate surface area is 122 Å². The van der Waals surface area contributed by atoms with E-state index in [0.717, 1.165) is 0 Å². The van der Waals surface area contributed by atoms with E-state index in [1.165, 1.54) is 6.26 Å². The number of carbonyl (C=O) groups is 1. The number of ether oxygens (including phenoxy) is 1. The molecule has 6 nitrogen and oxygen atoms in total. The van der Waals surface area contributed by atoms with Crippen LogP contribution in [-0.4, -0.2) is 24.7 Å². The van der Waals surface area contributed by atoms with Gasteiger partial charge < -0.3 is 20.3 Å². The highest BCUT2D eigenvalue weighted by atomic mass is 16.5. The minimum atomic E-state index is -0.226. The normalized spacial score (nSPS) is 9.62. The molecule has 0 radical (unpaired) electrons. The SMILES string of the molecule is COc1ccc(C(=O)NCc2ccon2)cc1C#CCN. The number of amides is 1. The van der Waals surface area contributed by atoms with Crippen molar-refractivity contribution in [2.45, 2.75) is 6.54 Å². The summed E-state index contributed by atoms with van der Waals surface area (Å²) in [5.74, 6) is 6.00. The highest BCUT2D eigenvalue weighted by molar-refractivity contribution is 5.94. The topological polar surface area (TPSA) is 90.4 Å². The summed E-state index contributed by atoms with van der Waals surface area (Å²) < 4.78 is 9.90. The Kier molecular flexibility index (Phi) is 4.96. The maximum atomic E-state index is 12.1. The van der Waals surface area contributed by atoms with Gasteiger partial charge in [-0.15, -0.1) is 0 Å². The fourth-order valence-corrected chi connectivity index (χ4v) is 1.69. The molecule has 0 spiro atoms. The summed E-state index contributed by atoms with van der Waals surface area (Å²) in [5, 5.41) is 6.47. The second kappa shape index (κ2) is 7.12. The molecule has 0 aliphatic heterocycles. The van der Waals surface area contributed by atoms with Crippen LogP contribution in [-0.2, 0) is 6.54 Å². The molecule has 1 amide bonds. The highest BCUT2D eigenvalue weighted by Crippen LogP contribution is 2.18. The molecule has 1 aromatic carbocycles. The van der Waals surface area contributed by atoms with Gasteiger partial charge in [0.05, 0.1) is 25.8 Å². The van der Waals surface area contributed by atoms with Gasteiger partial charge in [-0.3, -0.25) is 4.79 Å². The Morgan fingerprint density at radius 2 is 2.33 bits per heavy atom. The monoisotopic (exact) mass is 285 g/mol. The Morgan fingerprint density at radius 3 is 3.00 bits per heavy atom. The quantitative estimate of drug-likeness (QED) is 0.815. The van der Waals surface area contributed by atoms with Gasteiger partial charge in [-0.1, -0.05) is 17.0 Å². The van der Waals surface area contributed by atoms with Crippen LogP contribution in [0.15, 0.2) is 35.1 Å². The van der Waals surface area contributed by atoms with Gasteiger partial charge in [-0.05, 0) is 18.2 Å². The fourth-order valence-electron chi connectivity index (χ4n) is 1.69. The molecule has 0 saturated carbocycles. The Balaban J connectivity index is 2.13. The predicted octanol–water partition coefficient (Wildman–Crippen LogP) is 0.923. The zero-order valence-corrected chi connectivity index (χ0v) is 11.6. The number of nitrogens with zero attached hydrogens (tertiary/aromatic N) is 1. The van der Waals surface area contributed by atoms with E-state index >= 15 is 0 Å². The number of methoxy groups -OCH3 is 1. The van der Waals surface area contributed by atoms with Gasteiger partial charge in [0.25, 0.3) is 5.91 Å². The largest absolute Gasteiger partial charge is 0.495 e. The third-order valence-electron chi connectivity index (χ3n) is 2.71. The van der Waals surface area contributed by atoms with E-state index in [2.05, 4.69) is 22.3 Å². The first-order valence-electron chi connectivity index (χ1n) is 6.29. The van der Waals surface area contributed by atoms with Crippen LogP contribution in [0.25, 0.3) is 0 Å². The van der Waals surface area contributed by atoms with E-state index in [0.29, 0.717) is 29.1 Å². The first kappa shape index (κ1) is 14.6. The van der Waals surface area contributed by atoms with Gasteiger partial charge in [-0.25, -0.2) is 0 Å². The number of hydrogen-bond acceptors (Lipinski definition) is 5. The number of nitrogens with one attached hydrogen (secondary N) is 1. The minimum absolute atomic E-state index is 0.226. The van der Waals surface area contributed by atoms with Crippen molar-refractivity contribution in [3.8, 4) is 17.6 Å². The summed E-state index contributed by atoms with van der Waals surface area (Å²) in [7, 11) is 1.55. The molecule has 0 unspecified atom stereocenters. The molecule has 108 valence electrons. The van der Waals surface area contributed by atoms with E-state index < -0.39 is 0 Å². The van der Waals surface area contributed by atoms with Crippen molar-refractivity contribution in [1.29, 1.82) is 0 Å². The van der Waals surface area contributed by atoms with Crippen molar-refractivity contribution >= 4 is 5.91 Å². The summed E-state index contributed by atoms with van der Waals surface area (Å²) >= 11 is 0. The molecular weight excluding hydrogens is 270 g/mol. The Bertz CT molecular complexity index is 669. The average molecular weight is 285 g/mol. The van der Waals surface area contributed by atoms with E-state index in [4.69, 9.17) is 15.0 Å². The molecule has 0 aliphatic carbocycles. The molecule has 0 saturated heterocycles. The lowest BCUT2D eigenvalue weighted by Crippen LogP contribution is -2.23. The fraction of sp³-hybridized carbons (Fsp3) is 0.200. The zero-order chi connectivity index (χ0) is 15.1. The zero-order valence-electron chi connectivity index (χ0n) is 11.6. The highest BCUT2D eigenvalue weighted by Gasteiger charge is 2.09. The van der Waals surface area contributed by atoms with Crippen molar-refractivity contribution in [3.05, 3.63) is 47.3 Å². The Morgan fingerprint density at radius 1 is 1.48 bits per heavy atom. The maximum Gasteiger partial charge on any atom is 0.251 e.